The van der Waals surface area contributed by atoms with Crippen LogP contribution >= 0.6 is 11.8 Å². The predicted molar refractivity (Wildman–Crippen MR) is 117 cm³/mol. The van der Waals surface area contributed by atoms with E-state index in [9.17, 15) is 14.9 Å². The number of nitro benzene ring substituents is 1. The van der Waals surface area contributed by atoms with Gasteiger partial charge in [-0.1, -0.05) is 18.2 Å². The van der Waals surface area contributed by atoms with Crippen LogP contribution in [0.1, 0.15) is 40.8 Å². The molecule has 1 aliphatic carbocycles. The molecule has 4 aromatic rings. The van der Waals surface area contributed by atoms with Crippen molar-refractivity contribution >= 4 is 23.2 Å². The van der Waals surface area contributed by atoms with Gasteiger partial charge in [0, 0.05) is 37.0 Å². The van der Waals surface area contributed by atoms with E-state index in [1.54, 1.807) is 29.9 Å². The number of nitrogens with zero attached hydrogens (tertiary/aromatic N) is 6. The zero-order valence-electron chi connectivity index (χ0n) is 17.1. The van der Waals surface area contributed by atoms with Crippen molar-refractivity contribution in [2.75, 3.05) is 0 Å². The molecule has 1 aliphatic rings. The highest BCUT2D eigenvalue weighted by molar-refractivity contribution is 7.99. The van der Waals surface area contributed by atoms with E-state index in [1.807, 2.05) is 35.0 Å². The minimum atomic E-state index is -0.493. The van der Waals surface area contributed by atoms with Crippen molar-refractivity contribution in [1.29, 1.82) is 0 Å². The van der Waals surface area contributed by atoms with Crippen LogP contribution in [0.25, 0.3) is 5.69 Å². The summed E-state index contributed by atoms with van der Waals surface area (Å²) in [5.41, 5.74) is 0.940. The lowest BCUT2D eigenvalue weighted by atomic mass is 10.1. The maximum atomic E-state index is 12.7. The molecule has 0 spiro atoms. The molecular formula is C22H18N6O3S. The first kappa shape index (κ1) is 20.1. The van der Waals surface area contributed by atoms with Crippen LogP contribution < -0.4 is 0 Å². The molecular weight excluding hydrogens is 428 g/mol. The molecule has 9 nitrogen and oxygen atoms in total. The summed E-state index contributed by atoms with van der Waals surface area (Å²) in [6.45, 7) is 0. The monoisotopic (exact) mass is 446 g/mol. The van der Waals surface area contributed by atoms with Gasteiger partial charge in [0.05, 0.1) is 15.5 Å². The highest BCUT2D eigenvalue weighted by Gasteiger charge is 2.31. The first-order valence-corrected chi connectivity index (χ1v) is 10.8. The number of carbonyl (C=O) groups excluding carboxylic acids is 1. The van der Waals surface area contributed by atoms with Crippen LogP contribution in [0.3, 0.4) is 0 Å². The van der Waals surface area contributed by atoms with Crippen molar-refractivity contribution in [3.05, 3.63) is 88.3 Å². The molecule has 160 valence electrons. The smallest absolute Gasteiger partial charge is 0.284 e. The van der Waals surface area contributed by atoms with Gasteiger partial charge in [0.1, 0.15) is 5.82 Å². The van der Waals surface area contributed by atoms with Gasteiger partial charge in [0.2, 0.25) is 10.9 Å². The number of rotatable bonds is 7. The number of aryl methyl sites for hydroxylation is 1. The van der Waals surface area contributed by atoms with Crippen LogP contribution in [0.2, 0.25) is 0 Å². The second-order valence-electron chi connectivity index (χ2n) is 7.51. The molecule has 0 bridgehead atoms. The van der Waals surface area contributed by atoms with Gasteiger partial charge in [-0.3, -0.25) is 14.9 Å². The molecule has 0 saturated heterocycles. The Kier molecular flexibility index (Phi) is 5.06. The van der Waals surface area contributed by atoms with Gasteiger partial charge < -0.3 is 4.57 Å². The van der Waals surface area contributed by atoms with Gasteiger partial charge in [-0.15, -0.1) is 5.10 Å². The second-order valence-corrected chi connectivity index (χ2v) is 8.52. The fraction of sp³-hybridized carbons (Fsp3) is 0.182. The molecule has 0 radical (unpaired) electrons. The molecule has 0 unspecified atom stereocenters. The molecule has 1 saturated carbocycles. The van der Waals surface area contributed by atoms with Crippen LogP contribution in [0.15, 0.2) is 71.0 Å². The number of hydrogen-bond acceptors (Lipinski definition) is 7. The van der Waals surface area contributed by atoms with Crippen molar-refractivity contribution in [2.24, 2.45) is 7.05 Å². The molecule has 0 amide bonds. The summed E-state index contributed by atoms with van der Waals surface area (Å²) < 4.78 is 3.39. The van der Waals surface area contributed by atoms with Crippen LogP contribution in [-0.4, -0.2) is 35.0 Å². The van der Waals surface area contributed by atoms with E-state index in [0.29, 0.717) is 16.0 Å². The Morgan fingerprint density at radius 3 is 2.62 bits per heavy atom. The Morgan fingerprint density at radius 2 is 1.97 bits per heavy atom. The normalized spacial score (nSPS) is 13.3. The van der Waals surface area contributed by atoms with Gasteiger partial charge in [-0.2, -0.15) is 0 Å². The molecule has 2 heterocycles. The lowest BCUT2D eigenvalue weighted by molar-refractivity contribution is -0.387. The summed E-state index contributed by atoms with van der Waals surface area (Å²) in [5, 5.41) is 16.8. The van der Waals surface area contributed by atoms with Gasteiger partial charge in [0.15, 0.2) is 5.82 Å². The highest BCUT2D eigenvalue weighted by Crippen LogP contribution is 2.42. The van der Waals surface area contributed by atoms with Gasteiger partial charge >= 0.3 is 0 Å². The third-order valence-corrected chi connectivity index (χ3v) is 6.12. The van der Waals surface area contributed by atoms with Crippen LogP contribution in [0.4, 0.5) is 5.69 Å². The largest absolute Gasteiger partial charge is 0.331 e. The zero-order chi connectivity index (χ0) is 22.2. The van der Waals surface area contributed by atoms with Gasteiger partial charge in [-0.25, -0.2) is 14.6 Å². The van der Waals surface area contributed by atoms with Crippen molar-refractivity contribution in [2.45, 2.75) is 28.8 Å². The average Bonchev–Trinajstić information content (AvgIpc) is 3.42. The summed E-state index contributed by atoms with van der Waals surface area (Å²) >= 11 is 1.12. The third kappa shape index (κ3) is 3.80. The number of hydrogen-bond donors (Lipinski definition) is 0. The first-order chi connectivity index (χ1) is 15.5. The van der Waals surface area contributed by atoms with E-state index in [4.69, 9.17) is 0 Å². The number of nitro groups is 1. The summed E-state index contributed by atoms with van der Waals surface area (Å²) in [7, 11) is 1.70. The van der Waals surface area contributed by atoms with Gasteiger partial charge in [0.25, 0.3) is 5.69 Å². The minimum Gasteiger partial charge on any atom is -0.331 e. The van der Waals surface area contributed by atoms with Crippen molar-refractivity contribution in [3.8, 4) is 5.69 Å². The van der Waals surface area contributed by atoms with Crippen LogP contribution in [0, 0.1) is 10.1 Å². The summed E-state index contributed by atoms with van der Waals surface area (Å²) in [4.78, 5) is 33.1. The summed E-state index contributed by atoms with van der Waals surface area (Å²) in [6.07, 6.45) is 5.27. The van der Waals surface area contributed by atoms with E-state index in [-0.39, 0.29) is 22.9 Å². The summed E-state index contributed by atoms with van der Waals surface area (Å²) in [6, 6.07) is 14.1. The molecule has 0 atom stereocenters. The molecule has 10 heteroatoms. The fourth-order valence-electron chi connectivity index (χ4n) is 3.41. The molecule has 2 aromatic carbocycles. The van der Waals surface area contributed by atoms with E-state index >= 15 is 0 Å². The number of imidazole rings is 1. The number of ketones is 1. The molecule has 5 rings (SSSR count). The number of para-hydroxylation sites is 1. The first-order valence-electron chi connectivity index (χ1n) is 10.0. The van der Waals surface area contributed by atoms with Crippen molar-refractivity contribution in [1.82, 2.24) is 24.3 Å². The maximum Gasteiger partial charge on any atom is 0.284 e. The third-order valence-electron chi connectivity index (χ3n) is 5.20. The van der Waals surface area contributed by atoms with Gasteiger partial charge in [-0.05, 0) is 48.9 Å². The van der Waals surface area contributed by atoms with E-state index in [2.05, 4.69) is 15.1 Å². The predicted octanol–water partition coefficient (Wildman–Crippen LogP) is 4.17. The quantitative estimate of drug-likeness (QED) is 0.238. The Balaban J connectivity index is 1.49. The standard InChI is InChI=1S/C22H18N6O3S/c1-26-12-11-23-21(26)19(29)15-9-10-18(17(13-15)28(30)31)32-22-24-20(14-7-8-14)27(25-22)16-5-3-2-4-6-16/h2-6,9-14H,7-8H2,1H3. The number of aromatic nitrogens is 5. The van der Waals surface area contributed by atoms with Crippen molar-refractivity contribution < 1.29 is 9.72 Å². The van der Waals surface area contributed by atoms with E-state index in [0.717, 1.165) is 36.1 Å². The lowest BCUT2D eigenvalue weighted by Crippen LogP contribution is -2.09. The summed E-state index contributed by atoms with van der Waals surface area (Å²) in [5.74, 6) is 1.06. The number of carbonyl (C=O) groups is 1. The number of benzene rings is 2. The highest BCUT2D eigenvalue weighted by atomic mass is 32.2. The SMILES string of the molecule is Cn1ccnc1C(=O)c1ccc(Sc2nc(C3CC3)n(-c3ccccc3)n2)c([N+](=O)[O-])c1. The van der Waals surface area contributed by atoms with E-state index in [1.165, 1.54) is 12.3 Å². The second kappa shape index (κ2) is 8.04. The maximum absolute atomic E-state index is 12.7. The topological polar surface area (TPSA) is 109 Å². The average molecular weight is 446 g/mol. The molecule has 0 N–H and O–H groups in total. The molecule has 32 heavy (non-hydrogen) atoms. The van der Waals surface area contributed by atoms with Crippen LogP contribution in [-0.2, 0) is 7.05 Å². The van der Waals surface area contributed by atoms with Crippen LogP contribution in [0.5, 0.6) is 0 Å². The Morgan fingerprint density at radius 1 is 1.19 bits per heavy atom. The Hall–Kier alpha value is -3.79. The van der Waals surface area contributed by atoms with Crippen molar-refractivity contribution in [3.63, 3.8) is 0 Å². The molecule has 0 aliphatic heterocycles. The fourth-order valence-corrected chi connectivity index (χ4v) is 4.24. The zero-order valence-corrected chi connectivity index (χ0v) is 17.9. The minimum absolute atomic E-state index is 0.168. The lowest BCUT2D eigenvalue weighted by Gasteiger charge is -2.04. The van der Waals surface area contributed by atoms with E-state index < -0.39 is 4.92 Å². The molecule has 2 aromatic heterocycles. The Bertz CT molecular complexity index is 1330. The Labute approximate surface area is 187 Å². The molecule has 1 fully saturated rings.